The zero-order chi connectivity index (χ0) is 23.2. The number of halogens is 1. The highest BCUT2D eigenvalue weighted by Crippen LogP contribution is 2.46. The second-order valence-electron chi connectivity index (χ2n) is 7.63. The first-order chi connectivity index (χ1) is 15.2. The summed E-state index contributed by atoms with van der Waals surface area (Å²) in [7, 11) is 1.31. The number of H-pyrrole nitrogens is 2. The number of nitro benzene ring substituents is 1. The SMILES string of the molecule is COc1cc(Cl)c(-c2c(C(=O)O)[nH]c(-c3cccc4[nH]ccc34)c2C(C)C)cc1[N+](=O)[O-]. The number of ether oxygens (including phenoxy) is 1. The van der Waals surface area contributed by atoms with Crippen LogP contribution in [-0.2, 0) is 0 Å². The highest BCUT2D eigenvalue weighted by atomic mass is 35.5. The van der Waals surface area contributed by atoms with Gasteiger partial charge in [-0.3, -0.25) is 10.1 Å². The Hall–Kier alpha value is -3.78. The Morgan fingerprint density at radius 1 is 1.22 bits per heavy atom. The summed E-state index contributed by atoms with van der Waals surface area (Å²) in [5.41, 5.74) is 3.26. The monoisotopic (exact) mass is 453 g/mol. The summed E-state index contributed by atoms with van der Waals surface area (Å²) >= 11 is 6.49. The second kappa shape index (κ2) is 8.05. The van der Waals surface area contributed by atoms with Gasteiger partial charge in [-0.05, 0) is 23.6 Å². The molecule has 0 radical (unpaired) electrons. The highest BCUT2D eigenvalue weighted by molar-refractivity contribution is 6.34. The molecule has 0 bridgehead atoms. The first kappa shape index (κ1) is 21.5. The van der Waals surface area contributed by atoms with Gasteiger partial charge in [0, 0.05) is 45.9 Å². The Morgan fingerprint density at radius 3 is 2.59 bits per heavy atom. The molecule has 32 heavy (non-hydrogen) atoms. The molecule has 164 valence electrons. The van der Waals surface area contributed by atoms with Crippen molar-refractivity contribution in [3.05, 3.63) is 69.0 Å². The van der Waals surface area contributed by atoms with E-state index < -0.39 is 10.9 Å². The molecular formula is C23H20ClN3O5. The van der Waals surface area contributed by atoms with Crippen LogP contribution in [0, 0.1) is 10.1 Å². The van der Waals surface area contributed by atoms with Gasteiger partial charge in [0.15, 0.2) is 5.75 Å². The summed E-state index contributed by atoms with van der Waals surface area (Å²) in [6, 6.07) is 10.2. The van der Waals surface area contributed by atoms with Gasteiger partial charge in [0.05, 0.1) is 22.7 Å². The first-order valence-electron chi connectivity index (χ1n) is 9.82. The van der Waals surface area contributed by atoms with Gasteiger partial charge in [0.1, 0.15) is 5.69 Å². The number of hydrogen-bond acceptors (Lipinski definition) is 4. The van der Waals surface area contributed by atoms with E-state index in [1.165, 1.54) is 19.2 Å². The molecule has 2 aromatic carbocycles. The number of benzene rings is 2. The molecule has 0 atom stereocenters. The molecule has 3 N–H and O–H groups in total. The zero-order valence-corrected chi connectivity index (χ0v) is 18.3. The predicted molar refractivity (Wildman–Crippen MR) is 123 cm³/mol. The number of carboxylic acid groups (broad SMARTS) is 1. The first-order valence-corrected chi connectivity index (χ1v) is 10.2. The lowest BCUT2D eigenvalue weighted by molar-refractivity contribution is -0.385. The number of aromatic nitrogens is 2. The number of nitro groups is 1. The molecule has 0 amide bonds. The summed E-state index contributed by atoms with van der Waals surface area (Å²) < 4.78 is 5.09. The number of aromatic amines is 2. The average molecular weight is 454 g/mol. The van der Waals surface area contributed by atoms with E-state index in [2.05, 4.69) is 9.97 Å². The van der Waals surface area contributed by atoms with Crippen LogP contribution in [0.1, 0.15) is 35.8 Å². The molecule has 8 nitrogen and oxygen atoms in total. The molecule has 0 aliphatic heterocycles. The number of methoxy groups -OCH3 is 1. The van der Waals surface area contributed by atoms with E-state index >= 15 is 0 Å². The fraction of sp³-hybridized carbons (Fsp3) is 0.174. The van der Waals surface area contributed by atoms with Gasteiger partial charge >= 0.3 is 11.7 Å². The maximum Gasteiger partial charge on any atom is 0.352 e. The summed E-state index contributed by atoms with van der Waals surface area (Å²) in [5, 5.41) is 22.7. The Balaban J connectivity index is 2.10. The van der Waals surface area contributed by atoms with Crippen molar-refractivity contribution in [2.24, 2.45) is 0 Å². The second-order valence-corrected chi connectivity index (χ2v) is 8.04. The number of carboxylic acids is 1. The molecule has 2 aromatic heterocycles. The fourth-order valence-corrected chi connectivity index (χ4v) is 4.34. The van der Waals surface area contributed by atoms with Gasteiger partial charge < -0.3 is 19.8 Å². The van der Waals surface area contributed by atoms with Crippen molar-refractivity contribution in [1.29, 1.82) is 0 Å². The molecule has 0 aliphatic rings. The number of nitrogens with one attached hydrogen (secondary N) is 2. The van der Waals surface area contributed by atoms with Crippen LogP contribution in [0.3, 0.4) is 0 Å². The molecule has 0 unspecified atom stereocenters. The Labute approximate surface area is 187 Å². The average Bonchev–Trinajstić information content (AvgIpc) is 3.38. The van der Waals surface area contributed by atoms with Crippen LogP contribution in [0.2, 0.25) is 5.02 Å². The Kier molecular flexibility index (Phi) is 5.40. The van der Waals surface area contributed by atoms with Crippen LogP contribution in [0.25, 0.3) is 33.3 Å². The maximum atomic E-state index is 12.2. The number of fused-ring (bicyclic) bond motifs is 1. The minimum Gasteiger partial charge on any atom is -0.490 e. The van der Waals surface area contributed by atoms with Gasteiger partial charge in [-0.1, -0.05) is 37.6 Å². The van der Waals surface area contributed by atoms with E-state index in [-0.39, 0.29) is 33.6 Å². The minimum atomic E-state index is -1.19. The third-order valence-corrected chi connectivity index (χ3v) is 5.74. The van der Waals surface area contributed by atoms with Crippen molar-refractivity contribution in [2.75, 3.05) is 7.11 Å². The molecule has 0 spiro atoms. The highest BCUT2D eigenvalue weighted by Gasteiger charge is 2.30. The zero-order valence-electron chi connectivity index (χ0n) is 17.5. The van der Waals surface area contributed by atoms with Crippen molar-refractivity contribution in [2.45, 2.75) is 19.8 Å². The minimum absolute atomic E-state index is 0.000397. The standard InChI is InChI=1S/C23H20ClN3O5/c1-11(2)19-20(14-9-17(27(30)31)18(32-3)10-15(14)24)22(23(28)29)26-21(19)13-5-4-6-16-12(13)7-8-25-16/h4-11,25-26H,1-3H3,(H,28,29). The van der Waals surface area contributed by atoms with Gasteiger partial charge in [-0.2, -0.15) is 0 Å². The molecule has 4 rings (SSSR count). The van der Waals surface area contributed by atoms with Crippen LogP contribution in [0.5, 0.6) is 5.75 Å². The van der Waals surface area contributed by atoms with Crippen LogP contribution in [0.4, 0.5) is 5.69 Å². The molecule has 4 aromatic rings. The van der Waals surface area contributed by atoms with E-state index in [0.29, 0.717) is 16.8 Å². The van der Waals surface area contributed by atoms with Crippen LogP contribution in [-0.4, -0.2) is 33.1 Å². The van der Waals surface area contributed by atoms with E-state index in [0.717, 1.165) is 16.5 Å². The van der Waals surface area contributed by atoms with Gasteiger partial charge in [-0.15, -0.1) is 0 Å². The van der Waals surface area contributed by atoms with E-state index in [1.807, 2.05) is 44.3 Å². The van der Waals surface area contributed by atoms with E-state index in [9.17, 15) is 20.0 Å². The molecule has 2 heterocycles. The lowest BCUT2D eigenvalue weighted by atomic mass is 9.90. The summed E-state index contributed by atoms with van der Waals surface area (Å²) in [6.07, 6.45) is 1.81. The number of carbonyl (C=O) groups is 1. The molecule has 0 saturated heterocycles. The molecule has 9 heteroatoms. The number of aromatic carboxylic acids is 1. The van der Waals surface area contributed by atoms with Gasteiger partial charge in [0.25, 0.3) is 0 Å². The van der Waals surface area contributed by atoms with Crippen molar-refractivity contribution in [1.82, 2.24) is 9.97 Å². The largest absolute Gasteiger partial charge is 0.490 e. The lowest BCUT2D eigenvalue weighted by Crippen LogP contribution is -2.02. The van der Waals surface area contributed by atoms with Crippen LogP contribution >= 0.6 is 11.6 Å². The normalized spacial score (nSPS) is 11.3. The van der Waals surface area contributed by atoms with Gasteiger partial charge in [-0.25, -0.2) is 4.79 Å². The number of hydrogen-bond donors (Lipinski definition) is 3. The smallest absolute Gasteiger partial charge is 0.352 e. The van der Waals surface area contributed by atoms with Gasteiger partial charge in [0.2, 0.25) is 0 Å². The summed E-state index contributed by atoms with van der Waals surface area (Å²) in [6.45, 7) is 3.87. The molecule has 0 saturated carbocycles. The molecule has 0 aliphatic carbocycles. The number of nitrogens with zero attached hydrogens (tertiary/aromatic N) is 1. The van der Waals surface area contributed by atoms with Crippen molar-refractivity contribution in [3.63, 3.8) is 0 Å². The topological polar surface area (TPSA) is 121 Å². The third-order valence-electron chi connectivity index (χ3n) is 5.43. The van der Waals surface area contributed by atoms with Crippen LogP contribution in [0.15, 0.2) is 42.6 Å². The Morgan fingerprint density at radius 2 is 1.97 bits per heavy atom. The molecule has 0 fully saturated rings. The lowest BCUT2D eigenvalue weighted by Gasteiger charge is -2.14. The van der Waals surface area contributed by atoms with Crippen molar-refractivity contribution >= 4 is 34.2 Å². The Bertz CT molecular complexity index is 1370. The number of rotatable bonds is 6. The summed E-state index contributed by atoms with van der Waals surface area (Å²) in [4.78, 5) is 29.5. The summed E-state index contributed by atoms with van der Waals surface area (Å²) in [5.74, 6) is -1.31. The maximum absolute atomic E-state index is 12.2. The van der Waals surface area contributed by atoms with Crippen molar-refractivity contribution < 1.29 is 19.6 Å². The van der Waals surface area contributed by atoms with Crippen LogP contribution < -0.4 is 4.74 Å². The quantitative estimate of drug-likeness (QED) is 0.236. The molecular weight excluding hydrogens is 434 g/mol. The van der Waals surface area contributed by atoms with Crippen molar-refractivity contribution in [3.8, 4) is 28.1 Å². The third kappa shape index (κ3) is 3.38. The predicted octanol–water partition coefficient (Wildman–Crippen LogP) is 6.22. The van der Waals surface area contributed by atoms with E-state index in [4.69, 9.17) is 16.3 Å². The fourth-order valence-electron chi connectivity index (χ4n) is 4.09. The van der Waals surface area contributed by atoms with E-state index in [1.54, 1.807) is 0 Å².